The zero-order valence-corrected chi connectivity index (χ0v) is 20.0. The number of ether oxygens (including phenoxy) is 1. The summed E-state index contributed by atoms with van der Waals surface area (Å²) in [6, 6.07) is 0. The summed E-state index contributed by atoms with van der Waals surface area (Å²) in [6.45, 7) is 5.40. The third kappa shape index (κ3) is 3.66. The van der Waals surface area contributed by atoms with Gasteiger partial charge in [0.25, 0.3) is 0 Å². The van der Waals surface area contributed by atoms with Gasteiger partial charge in [-0.3, -0.25) is 19.2 Å². The van der Waals surface area contributed by atoms with Crippen molar-refractivity contribution in [2.75, 3.05) is 6.61 Å². The maximum atomic E-state index is 13.1. The number of carbonyl (C=O) groups is 4. The number of aliphatic carboxylic acids is 1. The Balaban J connectivity index is 1.56. The van der Waals surface area contributed by atoms with Gasteiger partial charge in [-0.05, 0) is 55.6 Å². The van der Waals surface area contributed by atoms with Crippen molar-refractivity contribution in [3.05, 3.63) is 23.8 Å². The van der Waals surface area contributed by atoms with Crippen molar-refractivity contribution in [2.45, 2.75) is 71.0 Å². The van der Waals surface area contributed by atoms with Crippen molar-refractivity contribution >= 4 is 23.5 Å². The van der Waals surface area contributed by atoms with Gasteiger partial charge in [0.1, 0.15) is 5.60 Å². The number of aliphatic hydroxyl groups is 2. The SMILES string of the molecule is C[C@H]1C[C@H]2[C@H]([C@@H](O)C[C@@]3(C)[C@H]2CC[C@]3(O)C(=O)COC(=O)CCC(=O)O)[C@@]2(C)C=CC(=O)C=C12. The highest BCUT2D eigenvalue weighted by atomic mass is 16.5. The molecular formula is C26H34O8. The van der Waals surface area contributed by atoms with Gasteiger partial charge in [-0.25, -0.2) is 0 Å². The van der Waals surface area contributed by atoms with Gasteiger partial charge in [0.15, 0.2) is 12.4 Å². The normalized spacial score (nSPS) is 42.8. The van der Waals surface area contributed by atoms with Gasteiger partial charge in [0.05, 0.1) is 18.9 Å². The first-order valence-corrected chi connectivity index (χ1v) is 12.1. The van der Waals surface area contributed by atoms with E-state index in [1.54, 1.807) is 12.2 Å². The van der Waals surface area contributed by atoms with E-state index in [4.69, 9.17) is 9.84 Å². The summed E-state index contributed by atoms with van der Waals surface area (Å²) in [7, 11) is 0. The fourth-order valence-electron chi connectivity index (χ4n) is 7.76. The molecule has 0 bridgehead atoms. The molecule has 0 aromatic carbocycles. The number of allylic oxidation sites excluding steroid dienone is 4. The lowest BCUT2D eigenvalue weighted by molar-refractivity contribution is -0.182. The van der Waals surface area contributed by atoms with Crippen LogP contribution in [-0.2, 0) is 23.9 Å². The number of hydrogen-bond donors (Lipinski definition) is 3. The smallest absolute Gasteiger partial charge is 0.306 e. The van der Waals surface area contributed by atoms with E-state index in [0.29, 0.717) is 6.42 Å². The minimum Gasteiger partial charge on any atom is -0.481 e. The Morgan fingerprint density at radius 3 is 2.59 bits per heavy atom. The number of fused-ring (bicyclic) bond motifs is 5. The average Bonchev–Trinajstić information content (AvgIpc) is 3.03. The summed E-state index contributed by atoms with van der Waals surface area (Å²) in [5, 5.41) is 31.7. The van der Waals surface area contributed by atoms with E-state index in [-0.39, 0.29) is 55.1 Å². The van der Waals surface area contributed by atoms with Crippen molar-refractivity contribution in [1.82, 2.24) is 0 Å². The molecule has 3 N–H and O–H groups in total. The third-order valence-corrected chi connectivity index (χ3v) is 9.34. The first-order chi connectivity index (χ1) is 15.8. The van der Waals surface area contributed by atoms with Crippen LogP contribution in [0.15, 0.2) is 23.8 Å². The maximum absolute atomic E-state index is 13.1. The van der Waals surface area contributed by atoms with E-state index >= 15 is 0 Å². The number of Topliss-reactive ketones (excluding diaryl/α,β-unsaturated/α-hetero) is 1. The molecule has 4 aliphatic carbocycles. The van der Waals surface area contributed by atoms with Gasteiger partial charge in [-0.2, -0.15) is 0 Å². The molecule has 0 heterocycles. The van der Waals surface area contributed by atoms with Crippen molar-refractivity contribution in [3.8, 4) is 0 Å². The van der Waals surface area contributed by atoms with Gasteiger partial charge >= 0.3 is 11.9 Å². The molecule has 3 saturated carbocycles. The quantitative estimate of drug-likeness (QED) is 0.498. The van der Waals surface area contributed by atoms with Gasteiger partial charge in [0.2, 0.25) is 5.78 Å². The Morgan fingerprint density at radius 1 is 1.21 bits per heavy atom. The van der Waals surface area contributed by atoms with E-state index in [9.17, 15) is 29.4 Å². The molecule has 8 heteroatoms. The summed E-state index contributed by atoms with van der Waals surface area (Å²) in [5.41, 5.74) is -2.04. The standard InChI is InChI=1S/C26H34O8/c1-14-10-16-17-7-9-26(33,20(29)13-34-22(32)5-4-21(30)31)25(17,3)12-19(28)23(16)24(2)8-6-15(27)11-18(14)24/h6,8,11,14,16-17,19,23,28,33H,4-5,7,9-10,12-13H2,1-3H3,(H,30,31)/t14-,16+,17-,19-,23+,24-,25-,26-/m0/s1. The molecule has 0 aliphatic heterocycles. The number of carboxylic acids is 1. The number of rotatable bonds is 6. The van der Waals surface area contributed by atoms with Crippen LogP contribution in [0.3, 0.4) is 0 Å². The largest absolute Gasteiger partial charge is 0.481 e. The van der Waals surface area contributed by atoms with Crippen molar-refractivity contribution < 1.29 is 39.2 Å². The van der Waals surface area contributed by atoms with Crippen LogP contribution in [0.25, 0.3) is 0 Å². The predicted molar refractivity (Wildman–Crippen MR) is 120 cm³/mol. The maximum Gasteiger partial charge on any atom is 0.306 e. The lowest BCUT2D eigenvalue weighted by Crippen LogP contribution is -2.62. The average molecular weight is 475 g/mol. The van der Waals surface area contributed by atoms with Crippen LogP contribution in [0.5, 0.6) is 0 Å². The van der Waals surface area contributed by atoms with Gasteiger partial charge in [-0.15, -0.1) is 0 Å². The molecule has 0 saturated heterocycles. The molecule has 0 amide bonds. The molecule has 0 radical (unpaired) electrons. The minimum absolute atomic E-state index is 0.00980. The van der Waals surface area contributed by atoms with E-state index < -0.39 is 46.9 Å². The van der Waals surface area contributed by atoms with E-state index in [2.05, 4.69) is 13.8 Å². The molecule has 0 spiro atoms. The van der Waals surface area contributed by atoms with E-state index in [1.807, 2.05) is 13.0 Å². The first-order valence-electron chi connectivity index (χ1n) is 12.1. The predicted octanol–water partition coefficient (Wildman–Crippen LogP) is 2.22. The molecule has 3 fully saturated rings. The second-order valence-electron chi connectivity index (χ2n) is 11.1. The van der Waals surface area contributed by atoms with Crippen LogP contribution in [0.4, 0.5) is 0 Å². The first kappa shape index (κ1) is 24.8. The zero-order chi connectivity index (χ0) is 25.1. The summed E-state index contributed by atoms with van der Waals surface area (Å²) >= 11 is 0. The number of hydrogen-bond acceptors (Lipinski definition) is 7. The second kappa shape index (κ2) is 8.41. The number of esters is 1. The number of ketones is 2. The van der Waals surface area contributed by atoms with Crippen LogP contribution in [-0.4, -0.2) is 57.1 Å². The lowest BCUT2D eigenvalue weighted by atomic mass is 9.45. The van der Waals surface area contributed by atoms with Crippen LogP contribution >= 0.6 is 0 Å². The highest BCUT2D eigenvalue weighted by Crippen LogP contribution is 2.67. The Hall–Kier alpha value is -2.32. The second-order valence-corrected chi connectivity index (χ2v) is 11.1. The Labute approximate surface area is 199 Å². The van der Waals surface area contributed by atoms with Crippen molar-refractivity contribution in [3.63, 3.8) is 0 Å². The topological polar surface area (TPSA) is 138 Å². The Kier molecular flexibility index (Phi) is 6.13. The third-order valence-electron chi connectivity index (χ3n) is 9.34. The summed E-state index contributed by atoms with van der Waals surface area (Å²) < 4.78 is 4.98. The van der Waals surface area contributed by atoms with Gasteiger partial charge in [0, 0.05) is 16.7 Å². The van der Waals surface area contributed by atoms with Crippen LogP contribution < -0.4 is 0 Å². The Morgan fingerprint density at radius 2 is 1.91 bits per heavy atom. The zero-order valence-electron chi connectivity index (χ0n) is 20.0. The molecule has 8 nitrogen and oxygen atoms in total. The van der Waals surface area contributed by atoms with Crippen LogP contribution in [0.2, 0.25) is 0 Å². The molecule has 34 heavy (non-hydrogen) atoms. The highest BCUT2D eigenvalue weighted by molar-refractivity contribution is 6.01. The summed E-state index contributed by atoms with van der Waals surface area (Å²) in [5.74, 6) is -2.51. The monoisotopic (exact) mass is 474 g/mol. The molecule has 4 aliphatic rings. The summed E-state index contributed by atoms with van der Waals surface area (Å²) in [4.78, 5) is 47.7. The fourth-order valence-corrected chi connectivity index (χ4v) is 7.76. The van der Waals surface area contributed by atoms with Crippen LogP contribution in [0, 0.1) is 34.5 Å². The number of carboxylic acid groups (broad SMARTS) is 1. The van der Waals surface area contributed by atoms with Crippen LogP contribution in [0.1, 0.15) is 59.3 Å². The van der Waals surface area contributed by atoms with E-state index in [0.717, 1.165) is 12.0 Å². The van der Waals surface area contributed by atoms with Crippen molar-refractivity contribution in [1.29, 1.82) is 0 Å². The summed E-state index contributed by atoms with van der Waals surface area (Å²) in [6.07, 6.45) is 5.52. The molecule has 0 aromatic heterocycles. The molecule has 4 rings (SSSR count). The van der Waals surface area contributed by atoms with Gasteiger partial charge in [-0.1, -0.05) is 32.4 Å². The molecule has 186 valence electrons. The fraction of sp³-hybridized carbons (Fsp3) is 0.692. The molecular weight excluding hydrogens is 440 g/mol. The van der Waals surface area contributed by atoms with E-state index in [1.165, 1.54) is 0 Å². The van der Waals surface area contributed by atoms with Crippen molar-refractivity contribution in [2.24, 2.45) is 34.5 Å². The molecule has 8 atom stereocenters. The number of carbonyl (C=O) groups excluding carboxylic acids is 3. The minimum atomic E-state index is -1.74. The number of aliphatic hydroxyl groups excluding tert-OH is 1. The molecule has 0 aromatic rings. The highest BCUT2D eigenvalue weighted by Gasteiger charge is 2.68. The Bertz CT molecular complexity index is 981. The molecule has 0 unspecified atom stereocenters. The van der Waals surface area contributed by atoms with Gasteiger partial charge < -0.3 is 20.1 Å². The lowest BCUT2D eigenvalue weighted by Gasteiger charge is -2.60.